The van der Waals surface area contributed by atoms with Gasteiger partial charge in [0.25, 0.3) is 0 Å². The number of ether oxygens (including phenoxy) is 1. The standard InChI is InChI=1S/C12H23N3O3/c1-3-9-5-7-12(8-6-9,10(13)15-17)14-11(16)18-4-2/h9,17H,3-8H2,1-2H3,(H2,13,15)(H,14,16). The summed E-state index contributed by atoms with van der Waals surface area (Å²) in [4.78, 5) is 11.6. The molecule has 6 heteroatoms. The Balaban J connectivity index is 2.75. The van der Waals surface area contributed by atoms with Crippen molar-refractivity contribution < 1.29 is 14.7 Å². The lowest BCUT2D eigenvalue weighted by molar-refractivity contribution is 0.134. The topological polar surface area (TPSA) is 96.9 Å². The molecule has 4 N–H and O–H groups in total. The smallest absolute Gasteiger partial charge is 0.407 e. The largest absolute Gasteiger partial charge is 0.450 e. The van der Waals surface area contributed by atoms with E-state index in [1.54, 1.807) is 6.92 Å². The van der Waals surface area contributed by atoms with Crippen LogP contribution in [-0.2, 0) is 4.74 Å². The van der Waals surface area contributed by atoms with E-state index in [0.717, 1.165) is 19.3 Å². The van der Waals surface area contributed by atoms with Crippen LogP contribution in [0.25, 0.3) is 0 Å². The third-order valence-electron chi connectivity index (χ3n) is 3.75. The van der Waals surface area contributed by atoms with Crippen LogP contribution >= 0.6 is 0 Å². The molecule has 0 heterocycles. The number of amides is 1. The van der Waals surface area contributed by atoms with Gasteiger partial charge >= 0.3 is 6.09 Å². The average molecular weight is 257 g/mol. The summed E-state index contributed by atoms with van der Waals surface area (Å²) in [6, 6.07) is 0. The summed E-state index contributed by atoms with van der Waals surface area (Å²) >= 11 is 0. The molecule has 1 amide bonds. The molecule has 1 aliphatic carbocycles. The molecule has 0 unspecified atom stereocenters. The van der Waals surface area contributed by atoms with Gasteiger partial charge in [0, 0.05) is 0 Å². The number of hydrogen-bond donors (Lipinski definition) is 3. The molecule has 0 radical (unpaired) electrons. The molecule has 0 spiro atoms. The minimum absolute atomic E-state index is 0.0603. The van der Waals surface area contributed by atoms with Gasteiger partial charge in [-0.05, 0) is 38.5 Å². The number of hydrogen-bond acceptors (Lipinski definition) is 4. The van der Waals surface area contributed by atoms with E-state index in [2.05, 4.69) is 17.4 Å². The van der Waals surface area contributed by atoms with E-state index in [4.69, 9.17) is 15.7 Å². The van der Waals surface area contributed by atoms with Gasteiger partial charge in [-0.15, -0.1) is 0 Å². The Bertz CT molecular complexity index is 310. The number of amidine groups is 1. The first-order chi connectivity index (χ1) is 8.57. The highest BCUT2D eigenvalue weighted by molar-refractivity contribution is 5.92. The quantitative estimate of drug-likeness (QED) is 0.310. The second-order valence-electron chi connectivity index (χ2n) is 4.76. The fourth-order valence-corrected chi connectivity index (χ4v) is 2.48. The van der Waals surface area contributed by atoms with E-state index >= 15 is 0 Å². The molecule has 0 aromatic rings. The van der Waals surface area contributed by atoms with Crippen LogP contribution in [0, 0.1) is 5.92 Å². The van der Waals surface area contributed by atoms with Crippen LogP contribution in [0.5, 0.6) is 0 Å². The molecular formula is C12H23N3O3. The maximum Gasteiger partial charge on any atom is 0.407 e. The van der Waals surface area contributed by atoms with Gasteiger partial charge in [-0.25, -0.2) is 4.79 Å². The first-order valence-corrected chi connectivity index (χ1v) is 6.51. The van der Waals surface area contributed by atoms with Crippen LogP contribution in [0.1, 0.15) is 46.0 Å². The summed E-state index contributed by atoms with van der Waals surface area (Å²) < 4.78 is 4.88. The predicted octanol–water partition coefficient (Wildman–Crippen LogP) is 1.82. The van der Waals surface area contributed by atoms with E-state index in [1.807, 2.05) is 0 Å². The minimum Gasteiger partial charge on any atom is -0.450 e. The summed E-state index contributed by atoms with van der Waals surface area (Å²) in [6.45, 7) is 4.19. The summed E-state index contributed by atoms with van der Waals surface area (Å²) in [7, 11) is 0. The van der Waals surface area contributed by atoms with Gasteiger partial charge in [0.05, 0.1) is 6.61 Å². The molecule has 0 aliphatic heterocycles. The van der Waals surface area contributed by atoms with E-state index in [1.165, 1.54) is 0 Å². The fourth-order valence-electron chi connectivity index (χ4n) is 2.48. The first-order valence-electron chi connectivity index (χ1n) is 6.51. The van der Waals surface area contributed by atoms with Crippen molar-refractivity contribution in [3.63, 3.8) is 0 Å². The van der Waals surface area contributed by atoms with Gasteiger partial charge in [0.1, 0.15) is 5.54 Å². The lowest BCUT2D eigenvalue weighted by atomic mass is 9.75. The molecule has 0 saturated heterocycles. The summed E-state index contributed by atoms with van der Waals surface area (Å²) in [5.41, 5.74) is 4.99. The normalized spacial score (nSPS) is 28.8. The van der Waals surface area contributed by atoms with Gasteiger partial charge in [0.2, 0.25) is 0 Å². The zero-order valence-corrected chi connectivity index (χ0v) is 11.1. The molecule has 104 valence electrons. The number of oxime groups is 1. The maximum atomic E-state index is 11.6. The van der Waals surface area contributed by atoms with E-state index < -0.39 is 11.6 Å². The summed E-state index contributed by atoms with van der Waals surface area (Å²) in [5, 5.41) is 14.7. The number of carbonyl (C=O) groups is 1. The molecule has 0 bridgehead atoms. The highest BCUT2D eigenvalue weighted by Gasteiger charge is 2.40. The van der Waals surface area contributed by atoms with Gasteiger partial charge in [0.15, 0.2) is 5.84 Å². The first kappa shape index (κ1) is 14.6. The SMILES string of the molecule is CCOC(=O)NC1(/C(N)=N/O)CCC(CC)CC1. The van der Waals surface area contributed by atoms with Crippen LogP contribution in [0.4, 0.5) is 4.79 Å². The van der Waals surface area contributed by atoms with Crippen LogP contribution in [0.15, 0.2) is 5.16 Å². The van der Waals surface area contributed by atoms with Crippen molar-refractivity contribution >= 4 is 11.9 Å². The molecule has 0 aromatic carbocycles. The molecule has 1 fully saturated rings. The molecule has 18 heavy (non-hydrogen) atoms. The monoisotopic (exact) mass is 257 g/mol. The number of nitrogens with one attached hydrogen (secondary N) is 1. The van der Waals surface area contributed by atoms with E-state index in [9.17, 15) is 4.79 Å². The molecule has 1 aliphatic rings. The predicted molar refractivity (Wildman–Crippen MR) is 68.5 cm³/mol. The highest BCUT2D eigenvalue weighted by atomic mass is 16.5. The molecule has 1 saturated carbocycles. The average Bonchev–Trinajstić information content (AvgIpc) is 2.38. The molecule has 0 atom stereocenters. The van der Waals surface area contributed by atoms with Gasteiger partial charge < -0.3 is 21.0 Å². The summed E-state index contributed by atoms with van der Waals surface area (Å²) in [6.07, 6.45) is 3.88. The lowest BCUT2D eigenvalue weighted by Crippen LogP contribution is -2.59. The number of nitrogens with two attached hydrogens (primary N) is 1. The van der Waals surface area contributed by atoms with Crippen molar-refractivity contribution in [1.82, 2.24) is 5.32 Å². The Morgan fingerprint density at radius 2 is 2.11 bits per heavy atom. The van der Waals surface area contributed by atoms with Crippen LogP contribution in [-0.4, -0.2) is 29.3 Å². The highest BCUT2D eigenvalue weighted by Crippen LogP contribution is 2.34. The number of nitrogens with zero attached hydrogens (tertiary/aromatic N) is 1. The second-order valence-corrected chi connectivity index (χ2v) is 4.76. The van der Waals surface area contributed by atoms with Gasteiger partial charge in [-0.2, -0.15) is 0 Å². The maximum absolute atomic E-state index is 11.6. The zero-order valence-electron chi connectivity index (χ0n) is 11.1. The van der Waals surface area contributed by atoms with E-state index in [-0.39, 0.29) is 5.84 Å². The van der Waals surface area contributed by atoms with Crippen molar-refractivity contribution in [2.45, 2.75) is 51.5 Å². The Morgan fingerprint density at radius 1 is 1.50 bits per heavy atom. The fraction of sp³-hybridized carbons (Fsp3) is 0.833. The molecule has 1 rings (SSSR count). The van der Waals surface area contributed by atoms with Crippen molar-refractivity contribution in [3.05, 3.63) is 0 Å². The van der Waals surface area contributed by atoms with Crippen molar-refractivity contribution in [1.29, 1.82) is 0 Å². The van der Waals surface area contributed by atoms with Crippen LogP contribution < -0.4 is 11.1 Å². The van der Waals surface area contributed by atoms with Crippen LogP contribution in [0.3, 0.4) is 0 Å². The van der Waals surface area contributed by atoms with Crippen molar-refractivity contribution in [2.75, 3.05) is 6.61 Å². The van der Waals surface area contributed by atoms with Gasteiger partial charge in [-0.3, -0.25) is 0 Å². The number of rotatable bonds is 4. The molecular weight excluding hydrogens is 234 g/mol. The van der Waals surface area contributed by atoms with Crippen LogP contribution in [0.2, 0.25) is 0 Å². The third-order valence-corrected chi connectivity index (χ3v) is 3.75. The third kappa shape index (κ3) is 3.27. The molecule has 6 nitrogen and oxygen atoms in total. The zero-order chi connectivity index (χ0) is 13.6. The Hall–Kier alpha value is -1.46. The number of carbonyl (C=O) groups excluding carboxylic acids is 1. The minimum atomic E-state index is -0.757. The van der Waals surface area contributed by atoms with E-state index in [0.29, 0.717) is 25.4 Å². The Morgan fingerprint density at radius 3 is 2.56 bits per heavy atom. The lowest BCUT2D eigenvalue weighted by Gasteiger charge is -2.39. The van der Waals surface area contributed by atoms with Crippen molar-refractivity contribution in [3.8, 4) is 0 Å². The second kappa shape index (κ2) is 6.47. The van der Waals surface area contributed by atoms with Gasteiger partial charge in [-0.1, -0.05) is 18.5 Å². The Labute approximate surface area is 108 Å². The Kier molecular flexibility index (Phi) is 5.25. The number of alkyl carbamates (subject to hydrolysis) is 1. The molecule has 0 aromatic heterocycles. The summed E-state index contributed by atoms with van der Waals surface area (Å²) in [5.74, 6) is 0.707. The van der Waals surface area contributed by atoms with Crippen molar-refractivity contribution in [2.24, 2.45) is 16.8 Å².